The minimum atomic E-state index is -0.340. The third-order valence-corrected chi connectivity index (χ3v) is 2.38. The number of hydrogen-bond donors (Lipinski definition) is 6. The summed E-state index contributed by atoms with van der Waals surface area (Å²) in [5, 5.41) is 31.1. The Hall–Kier alpha value is -2.76. The van der Waals surface area contributed by atoms with Crippen molar-refractivity contribution in [3.63, 3.8) is 0 Å². The van der Waals surface area contributed by atoms with Gasteiger partial charge in [0.15, 0.2) is 11.9 Å². The lowest BCUT2D eigenvalue weighted by Crippen LogP contribution is -2.39. The molecule has 6 nitrogen and oxygen atoms in total. The Labute approximate surface area is 103 Å². The summed E-state index contributed by atoms with van der Waals surface area (Å²) in [5.41, 5.74) is 5.49. The van der Waals surface area contributed by atoms with Gasteiger partial charge in [-0.3, -0.25) is 16.1 Å². The lowest BCUT2D eigenvalue weighted by Gasteiger charge is -2.11. The SMILES string of the molecule is N=C(N)NC(=N)Nc1cc2ccccc2cc1O. The molecule has 0 aliphatic rings. The zero-order valence-electron chi connectivity index (χ0n) is 9.49. The van der Waals surface area contributed by atoms with Gasteiger partial charge in [0.05, 0.1) is 5.69 Å². The van der Waals surface area contributed by atoms with Crippen LogP contribution in [-0.4, -0.2) is 17.0 Å². The van der Waals surface area contributed by atoms with E-state index in [1.807, 2.05) is 24.3 Å². The van der Waals surface area contributed by atoms with Crippen LogP contribution in [0.3, 0.4) is 0 Å². The standard InChI is InChI=1S/C12H13N5O/c13-11(14)17-12(15)16-9-5-7-3-1-2-4-8(7)6-10(9)18/h1-6,18H,(H6,13,14,15,16,17). The maximum atomic E-state index is 9.82. The van der Waals surface area contributed by atoms with Crippen LogP contribution in [0.15, 0.2) is 36.4 Å². The van der Waals surface area contributed by atoms with E-state index in [0.29, 0.717) is 5.69 Å². The van der Waals surface area contributed by atoms with Crippen molar-refractivity contribution < 1.29 is 5.11 Å². The van der Waals surface area contributed by atoms with E-state index in [4.69, 9.17) is 16.6 Å². The third-order valence-electron chi connectivity index (χ3n) is 2.38. The molecule has 0 fully saturated rings. The van der Waals surface area contributed by atoms with Crippen LogP contribution in [0.5, 0.6) is 5.75 Å². The van der Waals surface area contributed by atoms with Gasteiger partial charge >= 0.3 is 0 Å². The molecule has 0 heterocycles. The fraction of sp³-hybridized carbons (Fsp3) is 0. The van der Waals surface area contributed by atoms with Crippen LogP contribution in [0.4, 0.5) is 5.69 Å². The Kier molecular flexibility index (Phi) is 3.01. The maximum absolute atomic E-state index is 9.82. The highest BCUT2D eigenvalue weighted by Gasteiger charge is 2.05. The number of phenols is 1. The van der Waals surface area contributed by atoms with E-state index >= 15 is 0 Å². The molecule has 2 rings (SSSR count). The van der Waals surface area contributed by atoms with E-state index in [1.165, 1.54) is 0 Å². The summed E-state index contributed by atoms with van der Waals surface area (Å²) in [4.78, 5) is 0. The molecule has 7 N–H and O–H groups in total. The number of nitrogens with one attached hydrogen (secondary N) is 4. The molecule has 0 aromatic heterocycles. The van der Waals surface area contributed by atoms with Gasteiger partial charge in [0.25, 0.3) is 0 Å². The average molecular weight is 243 g/mol. The molecule has 0 radical (unpaired) electrons. The first-order valence-electron chi connectivity index (χ1n) is 5.24. The fourth-order valence-corrected chi connectivity index (χ4v) is 1.63. The Morgan fingerprint density at radius 1 is 1.11 bits per heavy atom. The summed E-state index contributed by atoms with van der Waals surface area (Å²) >= 11 is 0. The summed E-state index contributed by atoms with van der Waals surface area (Å²) in [6.45, 7) is 0. The van der Waals surface area contributed by atoms with Crippen LogP contribution in [0.2, 0.25) is 0 Å². The topological polar surface area (TPSA) is 118 Å². The quantitative estimate of drug-likeness (QED) is 0.257. The van der Waals surface area contributed by atoms with Crippen molar-refractivity contribution in [3.05, 3.63) is 36.4 Å². The second-order valence-electron chi connectivity index (χ2n) is 3.76. The molecule has 0 aliphatic heterocycles. The number of nitrogens with two attached hydrogens (primary N) is 1. The van der Waals surface area contributed by atoms with Crippen LogP contribution in [-0.2, 0) is 0 Å². The van der Waals surface area contributed by atoms with E-state index in [1.54, 1.807) is 12.1 Å². The van der Waals surface area contributed by atoms with E-state index < -0.39 is 0 Å². The van der Waals surface area contributed by atoms with E-state index in [2.05, 4.69) is 10.6 Å². The van der Waals surface area contributed by atoms with Gasteiger partial charge < -0.3 is 16.2 Å². The van der Waals surface area contributed by atoms with Crippen LogP contribution >= 0.6 is 0 Å². The Balaban J connectivity index is 2.30. The molecule has 0 atom stereocenters. The molecule has 0 saturated carbocycles. The molecule has 0 spiro atoms. The molecule has 2 aromatic carbocycles. The van der Waals surface area contributed by atoms with E-state index in [0.717, 1.165) is 10.8 Å². The third kappa shape index (κ3) is 2.49. The van der Waals surface area contributed by atoms with Gasteiger partial charge in [-0.15, -0.1) is 0 Å². The summed E-state index contributed by atoms with van der Waals surface area (Å²) in [6, 6.07) is 10.9. The van der Waals surface area contributed by atoms with Crippen LogP contribution in [0.25, 0.3) is 10.8 Å². The van der Waals surface area contributed by atoms with Gasteiger partial charge in [-0.1, -0.05) is 24.3 Å². The highest BCUT2D eigenvalue weighted by Crippen LogP contribution is 2.28. The lowest BCUT2D eigenvalue weighted by molar-refractivity contribution is 0.478. The maximum Gasteiger partial charge on any atom is 0.199 e. The molecular weight excluding hydrogens is 230 g/mol. The first kappa shape index (κ1) is 11.7. The minimum absolute atomic E-state index is 0.0313. The number of hydrogen-bond acceptors (Lipinski definition) is 3. The lowest BCUT2D eigenvalue weighted by atomic mass is 10.1. The van der Waals surface area contributed by atoms with Crippen molar-refractivity contribution in [2.24, 2.45) is 5.73 Å². The summed E-state index contributed by atoms with van der Waals surface area (Å²) in [5.74, 6) is -0.482. The van der Waals surface area contributed by atoms with Gasteiger partial charge in [0, 0.05) is 0 Å². The summed E-state index contributed by atoms with van der Waals surface area (Å²) in [7, 11) is 0. The second kappa shape index (κ2) is 4.62. The molecule has 18 heavy (non-hydrogen) atoms. The van der Waals surface area contributed by atoms with E-state index in [-0.39, 0.29) is 17.7 Å². The molecule has 2 aromatic rings. The number of phenolic OH excluding ortho intramolecular Hbond substituents is 1. The highest BCUT2D eigenvalue weighted by atomic mass is 16.3. The number of guanidine groups is 2. The van der Waals surface area contributed by atoms with Crippen LogP contribution in [0, 0.1) is 10.8 Å². The van der Waals surface area contributed by atoms with Crippen molar-refractivity contribution in [2.75, 3.05) is 5.32 Å². The van der Waals surface area contributed by atoms with Crippen molar-refractivity contribution in [1.82, 2.24) is 5.32 Å². The van der Waals surface area contributed by atoms with Gasteiger partial charge in [-0.2, -0.15) is 0 Å². The number of aromatic hydroxyl groups is 1. The molecule has 92 valence electrons. The first-order valence-corrected chi connectivity index (χ1v) is 5.24. The Morgan fingerprint density at radius 2 is 1.72 bits per heavy atom. The van der Waals surface area contributed by atoms with Crippen molar-refractivity contribution in [2.45, 2.75) is 0 Å². The second-order valence-corrected chi connectivity index (χ2v) is 3.76. The highest BCUT2D eigenvalue weighted by molar-refractivity contribution is 6.04. The largest absolute Gasteiger partial charge is 0.506 e. The first-order chi connectivity index (χ1) is 8.56. The average Bonchev–Trinajstić information content (AvgIpc) is 2.29. The predicted octanol–water partition coefficient (Wildman–Crippen LogP) is 1.38. The molecule has 0 amide bonds. The monoisotopic (exact) mass is 243 g/mol. The van der Waals surface area contributed by atoms with Crippen molar-refractivity contribution in [1.29, 1.82) is 10.8 Å². The summed E-state index contributed by atoms with van der Waals surface area (Å²) in [6.07, 6.45) is 0. The molecule has 0 bridgehead atoms. The minimum Gasteiger partial charge on any atom is -0.506 e. The van der Waals surface area contributed by atoms with Crippen LogP contribution < -0.4 is 16.4 Å². The van der Waals surface area contributed by atoms with Gasteiger partial charge in [0.2, 0.25) is 0 Å². The van der Waals surface area contributed by atoms with E-state index in [9.17, 15) is 5.11 Å². The number of fused-ring (bicyclic) bond motifs is 1. The smallest absolute Gasteiger partial charge is 0.199 e. The Bertz CT molecular complexity index is 623. The number of rotatable bonds is 1. The summed E-state index contributed by atoms with van der Waals surface area (Å²) < 4.78 is 0. The Morgan fingerprint density at radius 3 is 2.33 bits per heavy atom. The van der Waals surface area contributed by atoms with Gasteiger partial charge in [0.1, 0.15) is 5.75 Å². The van der Waals surface area contributed by atoms with Gasteiger partial charge in [-0.25, -0.2) is 0 Å². The molecule has 0 saturated heterocycles. The molecule has 6 heteroatoms. The zero-order chi connectivity index (χ0) is 13.1. The zero-order valence-corrected chi connectivity index (χ0v) is 9.49. The fourth-order valence-electron chi connectivity index (χ4n) is 1.63. The number of benzene rings is 2. The molecule has 0 unspecified atom stereocenters. The van der Waals surface area contributed by atoms with Crippen molar-refractivity contribution in [3.8, 4) is 5.75 Å². The van der Waals surface area contributed by atoms with Crippen LogP contribution in [0.1, 0.15) is 0 Å². The van der Waals surface area contributed by atoms with Gasteiger partial charge in [-0.05, 0) is 22.9 Å². The molecule has 0 aliphatic carbocycles. The normalized spacial score (nSPS) is 10.0. The van der Waals surface area contributed by atoms with Crippen molar-refractivity contribution >= 4 is 28.4 Å². The number of anilines is 1. The predicted molar refractivity (Wildman–Crippen MR) is 72.0 cm³/mol. The molecular formula is C12H13N5O.